The lowest BCUT2D eigenvalue weighted by Crippen LogP contribution is -2.41. The molecule has 1 unspecified atom stereocenters. The van der Waals surface area contributed by atoms with Gasteiger partial charge in [0.1, 0.15) is 0 Å². The van der Waals surface area contributed by atoms with Crippen molar-refractivity contribution >= 4 is 11.7 Å². The summed E-state index contributed by atoms with van der Waals surface area (Å²) in [6.07, 6.45) is 4.87. The number of urea groups is 1. The molecule has 1 aromatic rings. The van der Waals surface area contributed by atoms with Gasteiger partial charge in [-0.05, 0) is 36.1 Å². The summed E-state index contributed by atoms with van der Waals surface area (Å²) in [7, 11) is 1.72. The Bertz CT molecular complexity index is 566. The van der Waals surface area contributed by atoms with Gasteiger partial charge >= 0.3 is 6.03 Å². The van der Waals surface area contributed by atoms with Crippen LogP contribution < -0.4 is 5.32 Å². The zero-order chi connectivity index (χ0) is 15.4. The van der Waals surface area contributed by atoms with Crippen LogP contribution >= 0.6 is 0 Å². The van der Waals surface area contributed by atoms with Crippen molar-refractivity contribution in [2.75, 3.05) is 7.05 Å². The summed E-state index contributed by atoms with van der Waals surface area (Å²) in [4.78, 5) is 23.7. The molecule has 1 aromatic carbocycles. The fourth-order valence-electron chi connectivity index (χ4n) is 2.38. The summed E-state index contributed by atoms with van der Waals surface area (Å²) in [5, 5.41) is 13.6. The summed E-state index contributed by atoms with van der Waals surface area (Å²) < 4.78 is 0. The normalized spacial score (nSPS) is 18.2. The molecule has 0 bridgehead atoms. The number of hydrogen-bond acceptors (Lipinski definition) is 3. The van der Waals surface area contributed by atoms with E-state index in [9.17, 15) is 14.9 Å². The number of non-ortho nitro benzene ring substituents is 1. The zero-order valence-corrected chi connectivity index (χ0v) is 12.2. The van der Waals surface area contributed by atoms with Gasteiger partial charge in [0.2, 0.25) is 0 Å². The van der Waals surface area contributed by atoms with Gasteiger partial charge in [-0.25, -0.2) is 4.79 Å². The Morgan fingerprint density at radius 3 is 2.57 bits per heavy atom. The first-order valence-electron chi connectivity index (χ1n) is 7.01. The molecule has 6 nitrogen and oxygen atoms in total. The summed E-state index contributed by atoms with van der Waals surface area (Å²) in [6, 6.07) is 5.97. The van der Waals surface area contributed by atoms with Crippen LogP contribution in [0.5, 0.6) is 0 Å². The molecular weight excluding hydrogens is 270 g/mol. The third-order valence-electron chi connectivity index (χ3n) is 3.57. The number of carbonyl (C=O) groups is 1. The zero-order valence-electron chi connectivity index (χ0n) is 12.2. The van der Waals surface area contributed by atoms with E-state index in [1.165, 1.54) is 17.0 Å². The predicted octanol–water partition coefficient (Wildman–Crippen LogP) is 3.37. The van der Waals surface area contributed by atoms with Crippen LogP contribution in [0, 0.1) is 10.1 Å². The minimum atomic E-state index is -0.426. The van der Waals surface area contributed by atoms with E-state index in [1.807, 2.05) is 6.20 Å². The Kier molecular flexibility index (Phi) is 4.57. The molecular formula is C15H19N3O3. The van der Waals surface area contributed by atoms with E-state index in [2.05, 4.69) is 12.2 Å². The summed E-state index contributed by atoms with van der Waals surface area (Å²) in [5.41, 5.74) is 2.04. The Morgan fingerprint density at radius 2 is 2.00 bits per heavy atom. The van der Waals surface area contributed by atoms with Crippen LogP contribution in [0.25, 0.3) is 0 Å². The molecule has 1 atom stereocenters. The SMILES string of the molecule is CCCCC1=CN(C)C(=O)NC1c1ccc([N+](=O)[O-])cc1. The number of nitro groups is 1. The first-order chi connectivity index (χ1) is 10.0. The Labute approximate surface area is 123 Å². The summed E-state index contributed by atoms with van der Waals surface area (Å²) >= 11 is 0. The molecule has 112 valence electrons. The van der Waals surface area contributed by atoms with Crippen LogP contribution in [0.3, 0.4) is 0 Å². The van der Waals surface area contributed by atoms with Crippen LogP contribution in [0.15, 0.2) is 36.0 Å². The van der Waals surface area contributed by atoms with Gasteiger partial charge < -0.3 is 10.2 Å². The minimum Gasteiger partial charge on any atom is -0.327 e. The lowest BCUT2D eigenvalue weighted by Gasteiger charge is -2.30. The Hall–Kier alpha value is -2.37. The molecule has 1 aliphatic heterocycles. The fourth-order valence-corrected chi connectivity index (χ4v) is 2.38. The molecule has 0 aliphatic carbocycles. The van der Waals surface area contributed by atoms with Gasteiger partial charge in [0, 0.05) is 25.4 Å². The molecule has 0 fully saturated rings. The second kappa shape index (κ2) is 6.39. The smallest absolute Gasteiger partial charge is 0.321 e. The maximum atomic E-state index is 11.8. The van der Waals surface area contributed by atoms with Crippen LogP contribution in [0.2, 0.25) is 0 Å². The van der Waals surface area contributed by atoms with Crippen LogP contribution in [-0.2, 0) is 0 Å². The van der Waals surface area contributed by atoms with E-state index < -0.39 is 4.92 Å². The van der Waals surface area contributed by atoms with Gasteiger partial charge in [-0.3, -0.25) is 10.1 Å². The van der Waals surface area contributed by atoms with Gasteiger partial charge in [0.05, 0.1) is 11.0 Å². The molecule has 1 heterocycles. The molecule has 0 saturated heterocycles. The highest BCUT2D eigenvalue weighted by Gasteiger charge is 2.25. The molecule has 6 heteroatoms. The molecule has 0 radical (unpaired) electrons. The second-order valence-electron chi connectivity index (χ2n) is 5.15. The van der Waals surface area contributed by atoms with E-state index >= 15 is 0 Å². The number of nitro benzene ring substituents is 1. The van der Waals surface area contributed by atoms with Crippen molar-refractivity contribution in [1.82, 2.24) is 10.2 Å². The molecule has 0 saturated carbocycles. The topological polar surface area (TPSA) is 75.5 Å². The maximum Gasteiger partial charge on any atom is 0.321 e. The largest absolute Gasteiger partial charge is 0.327 e. The van der Waals surface area contributed by atoms with Crippen molar-refractivity contribution in [3.63, 3.8) is 0 Å². The first kappa shape index (κ1) is 15.0. The highest BCUT2D eigenvalue weighted by Crippen LogP contribution is 2.30. The third-order valence-corrected chi connectivity index (χ3v) is 3.57. The van der Waals surface area contributed by atoms with Crippen molar-refractivity contribution in [3.05, 3.63) is 51.7 Å². The number of amides is 2. The van der Waals surface area contributed by atoms with Gasteiger partial charge in [-0.2, -0.15) is 0 Å². The van der Waals surface area contributed by atoms with Gasteiger partial charge in [-0.15, -0.1) is 0 Å². The van der Waals surface area contributed by atoms with Gasteiger partial charge in [-0.1, -0.05) is 13.3 Å². The lowest BCUT2D eigenvalue weighted by molar-refractivity contribution is -0.384. The second-order valence-corrected chi connectivity index (χ2v) is 5.15. The maximum absolute atomic E-state index is 11.8. The van der Waals surface area contributed by atoms with E-state index in [1.54, 1.807) is 19.2 Å². The molecule has 0 spiro atoms. The Morgan fingerprint density at radius 1 is 1.33 bits per heavy atom. The molecule has 1 aliphatic rings. The molecule has 2 rings (SSSR count). The van der Waals surface area contributed by atoms with Crippen molar-refractivity contribution < 1.29 is 9.72 Å². The van der Waals surface area contributed by atoms with Gasteiger partial charge in [0.15, 0.2) is 0 Å². The number of hydrogen-bond donors (Lipinski definition) is 1. The van der Waals surface area contributed by atoms with Gasteiger partial charge in [0.25, 0.3) is 5.69 Å². The number of carbonyl (C=O) groups excluding carboxylic acids is 1. The standard InChI is InChI=1S/C15H19N3O3/c1-3-4-5-12-10-17(2)15(19)16-14(12)11-6-8-13(9-7-11)18(20)21/h6-10,14H,3-5H2,1-2H3,(H,16,19). The predicted molar refractivity (Wildman–Crippen MR) is 79.7 cm³/mol. The van der Waals surface area contributed by atoms with Crippen molar-refractivity contribution in [3.8, 4) is 0 Å². The monoisotopic (exact) mass is 289 g/mol. The molecule has 21 heavy (non-hydrogen) atoms. The quantitative estimate of drug-likeness (QED) is 0.667. The van der Waals surface area contributed by atoms with Crippen LogP contribution in [0.1, 0.15) is 37.8 Å². The summed E-state index contributed by atoms with van der Waals surface area (Å²) in [5.74, 6) is 0. The first-order valence-corrected chi connectivity index (χ1v) is 7.01. The van der Waals surface area contributed by atoms with Crippen LogP contribution in [0.4, 0.5) is 10.5 Å². The third kappa shape index (κ3) is 3.39. The van der Waals surface area contributed by atoms with E-state index in [0.29, 0.717) is 0 Å². The van der Waals surface area contributed by atoms with Crippen molar-refractivity contribution in [2.45, 2.75) is 32.2 Å². The number of nitrogens with zero attached hydrogens (tertiary/aromatic N) is 2. The average Bonchev–Trinajstić information content (AvgIpc) is 2.48. The van der Waals surface area contributed by atoms with E-state index in [-0.39, 0.29) is 17.8 Å². The highest BCUT2D eigenvalue weighted by molar-refractivity contribution is 5.77. The number of nitrogens with one attached hydrogen (secondary N) is 1. The molecule has 1 N–H and O–H groups in total. The summed E-state index contributed by atoms with van der Waals surface area (Å²) in [6.45, 7) is 2.12. The van der Waals surface area contributed by atoms with E-state index in [4.69, 9.17) is 0 Å². The minimum absolute atomic E-state index is 0.0529. The lowest BCUT2D eigenvalue weighted by atomic mass is 9.94. The van der Waals surface area contributed by atoms with Crippen molar-refractivity contribution in [2.24, 2.45) is 0 Å². The highest BCUT2D eigenvalue weighted by atomic mass is 16.6. The van der Waals surface area contributed by atoms with Crippen LogP contribution in [-0.4, -0.2) is 22.9 Å². The number of rotatable bonds is 5. The number of benzene rings is 1. The average molecular weight is 289 g/mol. The Balaban J connectivity index is 2.27. The fraction of sp³-hybridized carbons (Fsp3) is 0.400. The molecule has 0 aromatic heterocycles. The van der Waals surface area contributed by atoms with Crippen molar-refractivity contribution in [1.29, 1.82) is 0 Å². The number of unbranched alkanes of at least 4 members (excludes halogenated alkanes) is 1. The molecule has 2 amide bonds. The van der Waals surface area contributed by atoms with E-state index in [0.717, 1.165) is 30.4 Å².